The topological polar surface area (TPSA) is 41.5 Å². The Labute approximate surface area is 107 Å². The molecule has 0 aromatic heterocycles. The first kappa shape index (κ1) is 12.7. The number of hydrogen-bond donors (Lipinski definition) is 2. The Morgan fingerprint density at radius 2 is 2.41 bits per heavy atom. The molecule has 0 spiro atoms. The van der Waals surface area contributed by atoms with E-state index in [1.807, 2.05) is 18.2 Å². The van der Waals surface area contributed by atoms with Crippen LogP contribution in [0.2, 0.25) is 5.02 Å². The SMILES string of the molecule is CC(CCO)NCC1Cc2cc(Cl)ccc2O1. The maximum atomic E-state index is 8.82. The third-order valence-electron chi connectivity index (χ3n) is 3.02. The lowest BCUT2D eigenvalue weighted by Crippen LogP contribution is -2.36. The van der Waals surface area contributed by atoms with Crippen molar-refractivity contribution in [1.82, 2.24) is 5.32 Å². The molecule has 17 heavy (non-hydrogen) atoms. The van der Waals surface area contributed by atoms with E-state index in [1.54, 1.807) is 0 Å². The Hall–Kier alpha value is -0.770. The van der Waals surface area contributed by atoms with Crippen molar-refractivity contribution in [2.75, 3.05) is 13.2 Å². The molecule has 0 aliphatic carbocycles. The van der Waals surface area contributed by atoms with E-state index in [9.17, 15) is 0 Å². The lowest BCUT2D eigenvalue weighted by Gasteiger charge is -2.16. The maximum Gasteiger partial charge on any atom is 0.123 e. The Morgan fingerprint density at radius 3 is 3.18 bits per heavy atom. The van der Waals surface area contributed by atoms with Gasteiger partial charge in [-0.3, -0.25) is 0 Å². The molecule has 1 heterocycles. The normalized spacial score (nSPS) is 19.8. The number of nitrogens with one attached hydrogen (secondary N) is 1. The minimum Gasteiger partial charge on any atom is -0.488 e. The highest BCUT2D eigenvalue weighted by Crippen LogP contribution is 2.30. The molecule has 2 rings (SSSR count). The molecule has 2 N–H and O–H groups in total. The number of hydrogen-bond acceptors (Lipinski definition) is 3. The van der Waals surface area contributed by atoms with Gasteiger partial charge in [-0.2, -0.15) is 0 Å². The van der Waals surface area contributed by atoms with Crippen molar-refractivity contribution in [2.45, 2.75) is 31.9 Å². The average Bonchev–Trinajstić information content (AvgIpc) is 2.68. The highest BCUT2D eigenvalue weighted by atomic mass is 35.5. The maximum absolute atomic E-state index is 8.82. The van der Waals surface area contributed by atoms with Gasteiger partial charge in [0.2, 0.25) is 0 Å². The molecule has 4 heteroatoms. The molecule has 2 unspecified atom stereocenters. The molecule has 1 aliphatic rings. The highest BCUT2D eigenvalue weighted by Gasteiger charge is 2.22. The number of aliphatic hydroxyl groups excluding tert-OH is 1. The van der Waals surface area contributed by atoms with E-state index in [0.717, 1.165) is 30.2 Å². The standard InChI is InChI=1S/C13H18ClNO2/c1-9(4-5-16)15-8-12-7-10-6-11(14)2-3-13(10)17-12/h2-3,6,9,12,15-16H,4-5,7-8H2,1H3. The van der Waals surface area contributed by atoms with Crippen LogP contribution in [-0.2, 0) is 6.42 Å². The summed E-state index contributed by atoms with van der Waals surface area (Å²) in [6.45, 7) is 3.08. The third kappa shape index (κ3) is 3.35. The predicted molar refractivity (Wildman–Crippen MR) is 68.7 cm³/mol. The van der Waals surface area contributed by atoms with Crippen LogP contribution in [0.25, 0.3) is 0 Å². The summed E-state index contributed by atoms with van der Waals surface area (Å²) < 4.78 is 5.81. The van der Waals surface area contributed by atoms with Gasteiger partial charge >= 0.3 is 0 Å². The van der Waals surface area contributed by atoms with Crippen molar-refractivity contribution >= 4 is 11.6 Å². The molecule has 0 saturated carbocycles. The van der Waals surface area contributed by atoms with E-state index in [0.29, 0.717) is 6.04 Å². The minimum absolute atomic E-state index is 0.171. The van der Waals surface area contributed by atoms with E-state index in [2.05, 4.69) is 12.2 Å². The van der Waals surface area contributed by atoms with Gasteiger partial charge in [0.15, 0.2) is 0 Å². The number of rotatable bonds is 5. The number of aliphatic hydroxyl groups is 1. The molecule has 2 atom stereocenters. The summed E-state index contributed by atoms with van der Waals surface area (Å²) in [5, 5.41) is 12.9. The quantitative estimate of drug-likeness (QED) is 0.846. The van der Waals surface area contributed by atoms with E-state index < -0.39 is 0 Å². The molecule has 0 radical (unpaired) electrons. The first-order chi connectivity index (χ1) is 8.19. The van der Waals surface area contributed by atoms with E-state index in [1.165, 1.54) is 5.56 Å². The molecule has 3 nitrogen and oxygen atoms in total. The van der Waals surface area contributed by atoms with Gasteiger partial charge in [0.05, 0.1) is 0 Å². The lowest BCUT2D eigenvalue weighted by atomic mass is 10.1. The van der Waals surface area contributed by atoms with Crippen LogP contribution < -0.4 is 10.1 Å². The number of halogens is 1. The first-order valence-electron chi connectivity index (χ1n) is 5.98. The zero-order valence-electron chi connectivity index (χ0n) is 9.95. The monoisotopic (exact) mass is 255 g/mol. The summed E-state index contributed by atoms with van der Waals surface area (Å²) in [5.41, 5.74) is 1.18. The lowest BCUT2D eigenvalue weighted by molar-refractivity contribution is 0.213. The Bertz CT molecular complexity index is 384. The molecule has 1 aromatic rings. The van der Waals surface area contributed by atoms with Gasteiger partial charge in [-0.05, 0) is 37.1 Å². The van der Waals surface area contributed by atoms with Crippen LogP contribution in [0.15, 0.2) is 18.2 Å². The van der Waals surface area contributed by atoms with Crippen molar-refractivity contribution in [1.29, 1.82) is 0 Å². The molecule has 0 bridgehead atoms. The molecule has 0 fully saturated rings. The van der Waals surface area contributed by atoms with Crippen molar-refractivity contribution in [3.05, 3.63) is 28.8 Å². The summed E-state index contributed by atoms with van der Waals surface area (Å²) in [5.74, 6) is 0.941. The Morgan fingerprint density at radius 1 is 1.59 bits per heavy atom. The van der Waals surface area contributed by atoms with E-state index >= 15 is 0 Å². The van der Waals surface area contributed by atoms with E-state index in [-0.39, 0.29) is 12.7 Å². The van der Waals surface area contributed by atoms with Crippen LogP contribution in [0.1, 0.15) is 18.9 Å². The summed E-state index contributed by atoms with van der Waals surface area (Å²) >= 11 is 5.94. The Balaban J connectivity index is 1.84. The highest BCUT2D eigenvalue weighted by molar-refractivity contribution is 6.30. The molecule has 1 aromatic carbocycles. The predicted octanol–water partition coefficient (Wildman–Crippen LogP) is 2.00. The molecular weight excluding hydrogens is 238 g/mol. The number of fused-ring (bicyclic) bond motifs is 1. The molecule has 94 valence electrons. The van der Waals surface area contributed by atoms with Crippen molar-refractivity contribution < 1.29 is 9.84 Å². The second kappa shape index (κ2) is 5.71. The van der Waals surface area contributed by atoms with Gasteiger partial charge in [-0.25, -0.2) is 0 Å². The van der Waals surface area contributed by atoms with Gasteiger partial charge in [0.25, 0.3) is 0 Å². The fraction of sp³-hybridized carbons (Fsp3) is 0.538. The van der Waals surface area contributed by atoms with Crippen LogP contribution in [-0.4, -0.2) is 30.4 Å². The molecular formula is C13H18ClNO2. The van der Waals surface area contributed by atoms with Crippen molar-refractivity contribution in [3.63, 3.8) is 0 Å². The minimum atomic E-state index is 0.171. The summed E-state index contributed by atoms with van der Waals surface area (Å²) in [6, 6.07) is 6.06. The fourth-order valence-electron chi connectivity index (χ4n) is 2.03. The summed E-state index contributed by atoms with van der Waals surface area (Å²) in [7, 11) is 0. The summed E-state index contributed by atoms with van der Waals surface area (Å²) in [4.78, 5) is 0. The zero-order chi connectivity index (χ0) is 12.3. The van der Waals surface area contributed by atoms with Gasteiger partial charge in [0.1, 0.15) is 11.9 Å². The summed E-state index contributed by atoms with van der Waals surface area (Å²) in [6.07, 6.45) is 1.84. The molecule has 0 amide bonds. The largest absolute Gasteiger partial charge is 0.488 e. The van der Waals surface area contributed by atoms with Gasteiger partial charge in [0, 0.05) is 30.6 Å². The Kier molecular flexibility index (Phi) is 4.26. The number of ether oxygens (including phenoxy) is 1. The van der Waals surface area contributed by atoms with Crippen molar-refractivity contribution in [3.8, 4) is 5.75 Å². The van der Waals surface area contributed by atoms with Crippen LogP contribution >= 0.6 is 11.6 Å². The zero-order valence-corrected chi connectivity index (χ0v) is 10.7. The second-order valence-electron chi connectivity index (χ2n) is 4.52. The van der Waals surface area contributed by atoms with Crippen molar-refractivity contribution in [2.24, 2.45) is 0 Å². The molecule has 0 saturated heterocycles. The van der Waals surface area contributed by atoms with Crippen LogP contribution in [0.3, 0.4) is 0 Å². The van der Waals surface area contributed by atoms with Gasteiger partial charge in [-0.1, -0.05) is 11.6 Å². The van der Waals surface area contributed by atoms with Gasteiger partial charge < -0.3 is 15.2 Å². The smallest absolute Gasteiger partial charge is 0.123 e. The molecule has 1 aliphatic heterocycles. The number of benzene rings is 1. The van der Waals surface area contributed by atoms with Gasteiger partial charge in [-0.15, -0.1) is 0 Å². The average molecular weight is 256 g/mol. The fourth-order valence-corrected chi connectivity index (χ4v) is 2.23. The van der Waals surface area contributed by atoms with E-state index in [4.69, 9.17) is 21.4 Å². The first-order valence-corrected chi connectivity index (χ1v) is 6.36. The van der Waals surface area contributed by atoms with Crippen LogP contribution in [0, 0.1) is 0 Å². The second-order valence-corrected chi connectivity index (χ2v) is 4.95. The van der Waals surface area contributed by atoms with Crippen LogP contribution in [0.5, 0.6) is 5.75 Å². The van der Waals surface area contributed by atoms with Crippen LogP contribution in [0.4, 0.5) is 0 Å². The third-order valence-corrected chi connectivity index (χ3v) is 3.25.